The highest BCUT2D eigenvalue weighted by molar-refractivity contribution is 7.13. The van der Waals surface area contributed by atoms with Crippen LogP contribution in [0.15, 0.2) is 22.9 Å². The van der Waals surface area contributed by atoms with E-state index < -0.39 is 0 Å². The van der Waals surface area contributed by atoms with Gasteiger partial charge in [0.2, 0.25) is 5.13 Å². The van der Waals surface area contributed by atoms with E-state index in [0.29, 0.717) is 5.13 Å². The summed E-state index contributed by atoms with van der Waals surface area (Å²) in [6.07, 6.45) is 3.49. The lowest BCUT2D eigenvalue weighted by Crippen LogP contribution is -2.21. The second-order valence-corrected chi connectivity index (χ2v) is 3.78. The van der Waals surface area contributed by atoms with Crippen LogP contribution >= 0.6 is 11.3 Å². The molecule has 2 heterocycles. The Morgan fingerprint density at radius 2 is 2.31 bits per heavy atom. The zero-order chi connectivity index (χ0) is 11.5. The molecular formula is C8H11N7S. The van der Waals surface area contributed by atoms with Crippen LogP contribution in [0, 0.1) is 0 Å². The number of aliphatic imine (C=N–C) groups is 1. The molecule has 84 valence electrons. The molecule has 0 aliphatic heterocycles. The molecule has 0 aliphatic carbocycles. The van der Waals surface area contributed by atoms with Gasteiger partial charge in [0.25, 0.3) is 0 Å². The van der Waals surface area contributed by atoms with Crippen LogP contribution in [0.25, 0.3) is 11.4 Å². The van der Waals surface area contributed by atoms with E-state index in [1.54, 1.807) is 18.1 Å². The summed E-state index contributed by atoms with van der Waals surface area (Å²) in [6, 6.07) is 0. The lowest BCUT2D eigenvalue weighted by atomic mass is 10.4. The summed E-state index contributed by atoms with van der Waals surface area (Å²) >= 11 is 1.36. The van der Waals surface area contributed by atoms with Crippen molar-refractivity contribution in [2.75, 3.05) is 12.5 Å². The molecule has 7 nitrogen and oxygen atoms in total. The molecule has 0 atom stereocenters. The Balaban J connectivity index is 2.27. The molecule has 0 aromatic carbocycles. The molecule has 0 amide bonds. The SMILES string of the molecule is CNn1cnc(-c2csc(N=C(N)N)n2)c1. The van der Waals surface area contributed by atoms with Gasteiger partial charge < -0.3 is 16.9 Å². The molecule has 0 fully saturated rings. The van der Waals surface area contributed by atoms with E-state index in [4.69, 9.17) is 11.5 Å². The van der Waals surface area contributed by atoms with E-state index in [1.807, 2.05) is 11.6 Å². The zero-order valence-electron chi connectivity index (χ0n) is 8.58. The van der Waals surface area contributed by atoms with E-state index in [0.717, 1.165) is 11.4 Å². The molecule has 2 aromatic heterocycles. The first-order valence-electron chi connectivity index (χ1n) is 4.46. The van der Waals surface area contributed by atoms with Crippen molar-refractivity contribution in [3.8, 4) is 11.4 Å². The van der Waals surface area contributed by atoms with Crippen molar-refractivity contribution in [1.82, 2.24) is 14.6 Å². The predicted molar refractivity (Wildman–Crippen MR) is 64.1 cm³/mol. The Morgan fingerprint density at radius 1 is 1.50 bits per heavy atom. The van der Waals surface area contributed by atoms with Crippen LogP contribution < -0.4 is 16.9 Å². The Labute approximate surface area is 95.8 Å². The van der Waals surface area contributed by atoms with Crippen molar-refractivity contribution in [2.45, 2.75) is 0 Å². The first-order chi connectivity index (χ1) is 7.69. The summed E-state index contributed by atoms with van der Waals surface area (Å²) in [5.74, 6) is 0.00153. The fourth-order valence-electron chi connectivity index (χ4n) is 1.12. The molecule has 0 unspecified atom stereocenters. The van der Waals surface area contributed by atoms with Gasteiger partial charge >= 0.3 is 0 Å². The maximum absolute atomic E-state index is 5.26. The number of aromatic nitrogens is 3. The summed E-state index contributed by atoms with van der Waals surface area (Å²) in [7, 11) is 1.80. The summed E-state index contributed by atoms with van der Waals surface area (Å²) in [5, 5.41) is 2.37. The minimum absolute atomic E-state index is 0.00153. The minimum Gasteiger partial charge on any atom is -0.370 e. The quantitative estimate of drug-likeness (QED) is 0.518. The monoisotopic (exact) mass is 237 g/mol. The number of hydrogen-bond donors (Lipinski definition) is 3. The van der Waals surface area contributed by atoms with Crippen molar-refractivity contribution in [3.63, 3.8) is 0 Å². The van der Waals surface area contributed by atoms with Gasteiger partial charge in [-0.05, 0) is 0 Å². The van der Waals surface area contributed by atoms with Gasteiger partial charge in [0.05, 0.1) is 6.20 Å². The van der Waals surface area contributed by atoms with Crippen LogP contribution in [0.5, 0.6) is 0 Å². The van der Waals surface area contributed by atoms with Crippen molar-refractivity contribution < 1.29 is 0 Å². The fourth-order valence-corrected chi connectivity index (χ4v) is 1.82. The van der Waals surface area contributed by atoms with E-state index in [9.17, 15) is 0 Å². The molecule has 0 bridgehead atoms. The maximum Gasteiger partial charge on any atom is 0.212 e. The standard InChI is InChI=1S/C8H11N7S/c1-11-15-2-5(12-4-15)6-3-16-8(13-6)14-7(9)10/h2-4,11H,1H3,(H4,9,10,13,14). The Morgan fingerprint density at radius 3 is 2.94 bits per heavy atom. The van der Waals surface area contributed by atoms with E-state index in [1.165, 1.54) is 11.3 Å². The second-order valence-electron chi connectivity index (χ2n) is 2.94. The molecule has 0 saturated carbocycles. The highest BCUT2D eigenvalue weighted by Crippen LogP contribution is 2.24. The smallest absolute Gasteiger partial charge is 0.212 e. The number of thiazole rings is 1. The number of rotatable bonds is 3. The lowest BCUT2D eigenvalue weighted by molar-refractivity contribution is 0.924. The van der Waals surface area contributed by atoms with Gasteiger partial charge in [0, 0.05) is 12.4 Å². The number of imidazole rings is 1. The third-order valence-corrected chi connectivity index (χ3v) is 2.55. The van der Waals surface area contributed by atoms with Gasteiger partial charge in [-0.15, -0.1) is 11.3 Å². The van der Waals surface area contributed by atoms with Gasteiger partial charge in [0.15, 0.2) is 5.96 Å². The third kappa shape index (κ3) is 2.11. The largest absolute Gasteiger partial charge is 0.370 e. The summed E-state index contributed by atoms with van der Waals surface area (Å²) < 4.78 is 1.73. The number of nitrogens with two attached hydrogens (primary N) is 2. The van der Waals surface area contributed by atoms with Crippen LogP contribution in [0.4, 0.5) is 5.13 Å². The van der Waals surface area contributed by atoms with Crippen molar-refractivity contribution in [3.05, 3.63) is 17.9 Å². The van der Waals surface area contributed by atoms with Crippen LogP contribution in [0.2, 0.25) is 0 Å². The molecule has 0 aliphatic rings. The van der Waals surface area contributed by atoms with Crippen LogP contribution in [-0.2, 0) is 0 Å². The molecule has 8 heteroatoms. The second kappa shape index (κ2) is 4.19. The van der Waals surface area contributed by atoms with Gasteiger partial charge in [-0.1, -0.05) is 0 Å². The van der Waals surface area contributed by atoms with E-state index in [2.05, 4.69) is 20.4 Å². The van der Waals surface area contributed by atoms with Crippen LogP contribution in [-0.4, -0.2) is 27.7 Å². The average molecular weight is 237 g/mol. The van der Waals surface area contributed by atoms with Crippen LogP contribution in [0.3, 0.4) is 0 Å². The van der Waals surface area contributed by atoms with Gasteiger partial charge in [-0.25, -0.2) is 9.97 Å². The summed E-state index contributed by atoms with van der Waals surface area (Å²) in [5.41, 5.74) is 15.0. The number of nitrogens with zero attached hydrogens (tertiary/aromatic N) is 4. The molecule has 16 heavy (non-hydrogen) atoms. The molecule has 2 aromatic rings. The summed E-state index contributed by atoms with van der Waals surface area (Å²) in [4.78, 5) is 12.3. The Kier molecular flexibility index (Phi) is 2.73. The van der Waals surface area contributed by atoms with Crippen molar-refractivity contribution >= 4 is 22.4 Å². The first-order valence-corrected chi connectivity index (χ1v) is 5.34. The highest BCUT2D eigenvalue weighted by Gasteiger charge is 2.06. The van der Waals surface area contributed by atoms with Crippen molar-refractivity contribution in [2.24, 2.45) is 16.5 Å². The summed E-state index contributed by atoms with van der Waals surface area (Å²) in [6.45, 7) is 0. The maximum atomic E-state index is 5.26. The molecule has 0 radical (unpaired) electrons. The zero-order valence-corrected chi connectivity index (χ0v) is 9.40. The third-order valence-electron chi connectivity index (χ3n) is 1.82. The normalized spacial score (nSPS) is 10.1. The topological polar surface area (TPSA) is 107 Å². The van der Waals surface area contributed by atoms with E-state index >= 15 is 0 Å². The predicted octanol–water partition coefficient (Wildman–Crippen LogP) is 0.0848. The number of guanidine groups is 1. The van der Waals surface area contributed by atoms with Crippen LogP contribution in [0.1, 0.15) is 0 Å². The van der Waals surface area contributed by atoms with Gasteiger partial charge in [0.1, 0.15) is 17.7 Å². The number of hydrogen-bond acceptors (Lipinski definition) is 5. The first kappa shape index (κ1) is 10.4. The highest BCUT2D eigenvalue weighted by atomic mass is 32.1. The van der Waals surface area contributed by atoms with Crippen molar-refractivity contribution in [1.29, 1.82) is 0 Å². The molecule has 0 saturated heterocycles. The molecular weight excluding hydrogens is 226 g/mol. The van der Waals surface area contributed by atoms with Gasteiger partial charge in [-0.3, -0.25) is 4.68 Å². The fraction of sp³-hybridized carbons (Fsp3) is 0.125. The number of nitrogens with one attached hydrogen (secondary N) is 1. The average Bonchev–Trinajstić information content (AvgIpc) is 2.83. The van der Waals surface area contributed by atoms with E-state index in [-0.39, 0.29) is 5.96 Å². The molecule has 5 N–H and O–H groups in total. The minimum atomic E-state index is 0.00153. The molecule has 0 spiro atoms. The van der Waals surface area contributed by atoms with Gasteiger partial charge in [-0.2, -0.15) is 4.99 Å². The Hall–Kier alpha value is -2.09. The lowest BCUT2D eigenvalue weighted by Gasteiger charge is -1.94. The molecule has 2 rings (SSSR count). The Bertz CT molecular complexity index is 508.